The van der Waals surface area contributed by atoms with Gasteiger partial charge in [-0.3, -0.25) is 9.59 Å². The van der Waals surface area contributed by atoms with Gasteiger partial charge in [0.05, 0.1) is 9.77 Å². The van der Waals surface area contributed by atoms with Crippen LogP contribution < -0.4 is 10.6 Å². The van der Waals surface area contributed by atoms with Crippen molar-refractivity contribution in [2.45, 2.75) is 44.0 Å². The van der Waals surface area contributed by atoms with E-state index < -0.39 is 10.0 Å². The number of carbonyl (C=O) groups is 2. The zero-order chi connectivity index (χ0) is 23.8. The number of anilines is 1. The lowest BCUT2D eigenvalue weighted by Crippen LogP contribution is -2.55. The molecule has 0 spiro atoms. The first-order valence-corrected chi connectivity index (χ1v) is 13.4. The standard InChI is InChI=1S/C24H29N3O4S2/c1-4-22(28)26-23-15(2)13-27(14-16(23)3)33(30,31)19-10-8-18(9-11-19)25-24(29)21-12-17-6-5-7-20(17)32-21/h4,8-12,15-16,23H,1,5-7,13-14H2,2-3H3,(H,25,29)(H,26,28). The summed E-state index contributed by atoms with van der Waals surface area (Å²) in [5.74, 6) is -0.507. The first kappa shape index (κ1) is 23.7. The summed E-state index contributed by atoms with van der Waals surface area (Å²) in [5, 5.41) is 5.78. The molecule has 1 saturated heterocycles. The Morgan fingerprint density at radius 2 is 1.79 bits per heavy atom. The van der Waals surface area contributed by atoms with E-state index in [1.54, 1.807) is 12.1 Å². The molecule has 2 amide bonds. The van der Waals surface area contributed by atoms with Crippen molar-refractivity contribution in [3.05, 3.63) is 58.3 Å². The van der Waals surface area contributed by atoms with Crippen molar-refractivity contribution < 1.29 is 18.0 Å². The Balaban J connectivity index is 1.42. The number of piperidine rings is 1. The molecule has 176 valence electrons. The Morgan fingerprint density at radius 3 is 2.39 bits per heavy atom. The fourth-order valence-electron chi connectivity index (χ4n) is 4.70. The fourth-order valence-corrected chi connectivity index (χ4v) is 7.49. The minimum Gasteiger partial charge on any atom is -0.349 e. The van der Waals surface area contributed by atoms with Gasteiger partial charge < -0.3 is 10.6 Å². The predicted octanol–water partition coefficient (Wildman–Crippen LogP) is 3.44. The molecule has 2 aliphatic rings. The van der Waals surface area contributed by atoms with Crippen LogP contribution >= 0.6 is 11.3 Å². The van der Waals surface area contributed by atoms with Gasteiger partial charge in [-0.05, 0) is 73.1 Å². The highest BCUT2D eigenvalue weighted by atomic mass is 32.2. The molecule has 2 unspecified atom stereocenters. The average Bonchev–Trinajstić information content (AvgIpc) is 3.39. The third kappa shape index (κ3) is 4.90. The predicted molar refractivity (Wildman–Crippen MR) is 130 cm³/mol. The number of fused-ring (bicyclic) bond motifs is 1. The molecule has 2 atom stereocenters. The number of sulfonamides is 1. The third-order valence-electron chi connectivity index (χ3n) is 6.42. The molecule has 9 heteroatoms. The van der Waals surface area contributed by atoms with Gasteiger partial charge in [0, 0.05) is 29.7 Å². The van der Waals surface area contributed by atoms with Crippen LogP contribution in [0, 0.1) is 11.8 Å². The molecule has 1 aromatic heterocycles. The first-order valence-electron chi connectivity index (χ1n) is 11.1. The summed E-state index contributed by atoms with van der Waals surface area (Å²) < 4.78 is 27.9. The lowest BCUT2D eigenvalue weighted by Gasteiger charge is -2.40. The smallest absolute Gasteiger partial charge is 0.265 e. The van der Waals surface area contributed by atoms with E-state index in [4.69, 9.17) is 0 Å². The maximum absolute atomic E-state index is 13.2. The molecule has 1 aliphatic carbocycles. The van der Waals surface area contributed by atoms with Gasteiger partial charge in [0.2, 0.25) is 15.9 Å². The van der Waals surface area contributed by atoms with Crippen LogP contribution in [0.2, 0.25) is 0 Å². The van der Waals surface area contributed by atoms with Crippen molar-refractivity contribution in [2.24, 2.45) is 11.8 Å². The maximum atomic E-state index is 13.2. The number of benzene rings is 1. The SMILES string of the molecule is C=CC(=O)NC1C(C)CN(S(=O)(=O)c2ccc(NC(=O)c3cc4c(s3)CCC4)cc2)CC1C. The minimum atomic E-state index is -3.69. The van der Waals surface area contributed by atoms with E-state index in [0.717, 1.165) is 19.3 Å². The Labute approximate surface area is 198 Å². The van der Waals surface area contributed by atoms with Crippen molar-refractivity contribution >= 4 is 38.9 Å². The van der Waals surface area contributed by atoms with Crippen LogP contribution in [0.5, 0.6) is 0 Å². The highest BCUT2D eigenvalue weighted by Crippen LogP contribution is 2.31. The molecule has 1 aliphatic heterocycles. The van der Waals surface area contributed by atoms with Gasteiger partial charge >= 0.3 is 0 Å². The van der Waals surface area contributed by atoms with Crippen molar-refractivity contribution in [2.75, 3.05) is 18.4 Å². The molecule has 0 saturated carbocycles. The number of hydrogen-bond donors (Lipinski definition) is 2. The van der Waals surface area contributed by atoms with Crippen molar-refractivity contribution in [3.63, 3.8) is 0 Å². The first-order chi connectivity index (χ1) is 15.7. The van der Waals surface area contributed by atoms with E-state index in [-0.39, 0.29) is 34.6 Å². The van der Waals surface area contributed by atoms with Crippen molar-refractivity contribution in [1.82, 2.24) is 9.62 Å². The Hall–Kier alpha value is -2.49. The van der Waals surface area contributed by atoms with E-state index in [0.29, 0.717) is 23.7 Å². The number of carbonyl (C=O) groups excluding carboxylic acids is 2. The molecule has 0 bridgehead atoms. The maximum Gasteiger partial charge on any atom is 0.265 e. The normalized spacial score (nSPS) is 23.0. The fraction of sp³-hybridized carbons (Fsp3) is 0.417. The Morgan fingerprint density at radius 1 is 1.12 bits per heavy atom. The second kappa shape index (κ2) is 9.40. The van der Waals surface area contributed by atoms with Gasteiger partial charge in [-0.1, -0.05) is 20.4 Å². The molecule has 1 fully saturated rings. The monoisotopic (exact) mass is 487 g/mol. The van der Waals surface area contributed by atoms with E-state index >= 15 is 0 Å². The largest absolute Gasteiger partial charge is 0.349 e. The van der Waals surface area contributed by atoms with Crippen LogP contribution in [0.25, 0.3) is 0 Å². The molecular weight excluding hydrogens is 458 g/mol. The van der Waals surface area contributed by atoms with Crippen LogP contribution in [0.3, 0.4) is 0 Å². The number of nitrogens with zero attached hydrogens (tertiary/aromatic N) is 1. The summed E-state index contributed by atoms with van der Waals surface area (Å²) in [6, 6.07) is 8.15. The number of rotatable bonds is 6. The summed E-state index contributed by atoms with van der Waals surface area (Å²) in [6.07, 6.45) is 4.45. The van der Waals surface area contributed by atoms with E-state index in [9.17, 15) is 18.0 Å². The number of nitrogens with one attached hydrogen (secondary N) is 2. The number of thiophene rings is 1. The molecule has 0 radical (unpaired) electrons. The lowest BCUT2D eigenvalue weighted by atomic mass is 9.87. The summed E-state index contributed by atoms with van der Waals surface area (Å²) >= 11 is 1.53. The van der Waals surface area contributed by atoms with Gasteiger partial charge in [-0.25, -0.2) is 8.42 Å². The zero-order valence-electron chi connectivity index (χ0n) is 18.8. The minimum absolute atomic E-state index is 0.0431. The van der Waals surface area contributed by atoms with Crippen LogP contribution in [0.4, 0.5) is 5.69 Å². The van der Waals surface area contributed by atoms with Crippen molar-refractivity contribution in [3.8, 4) is 0 Å². The number of amides is 2. The van der Waals surface area contributed by atoms with Gasteiger partial charge in [0.15, 0.2) is 0 Å². The van der Waals surface area contributed by atoms with E-state index in [1.165, 1.54) is 44.3 Å². The third-order valence-corrected chi connectivity index (χ3v) is 9.51. The lowest BCUT2D eigenvalue weighted by molar-refractivity contribution is -0.118. The molecule has 2 N–H and O–H groups in total. The van der Waals surface area contributed by atoms with E-state index in [2.05, 4.69) is 17.2 Å². The molecule has 1 aromatic carbocycles. The van der Waals surface area contributed by atoms with Crippen LogP contribution in [0.1, 0.15) is 40.4 Å². The summed E-state index contributed by atoms with van der Waals surface area (Å²) in [7, 11) is -3.69. The molecule has 33 heavy (non-hydrogen) atoms. The Kier molecular flexibility index (Phi) is 6.74. The van der Waals surface area contributed by atoms with Crippen LogP contribution in [0.15, 0.2) is 47.9 Å². The molecule has 2 aromatic rings. The van der Waals surface area contributed by atoms with E-state index in [1.807, 2.05) is 19.9 Å². The molecule has 7 nitrogen and oxygen atoms in total. The van der Waals surface area contributed by atoms with Crippen LogP contribution in [-0.4, -0.2) is 43.7 Å². The topological polar surface area (TPSA) is 95.6 Å². The van der Waals surface area contributed by atoms with Gasteiger partial charge in [-0.2, -0.15) is 4.31 Å². The van der Waals surface area contributed by atoms with Gasteiger partial charge in [0.1, 0.15) is 0 Å². The second-order valence-corrected chi connectivity index (χ2v) is 12.0. The highest BCUT2D eigenvalue weighted by molar-refractivity contribution is 7.89. The van der Waals surface area contributed by atoms with Gasteiger partial charge in [-0.15, -0.1) is 11.3 Å². The quantitative estimate of drug-likeness (QED) is 0.610. The summed E-state index contributed by atoms with van der Waals surface area (Å²) in [6.45, 7) is 7.98. The Bertz CT molecular complexity index is 1140. The highest BCUT2D eigenvalue weighted by Gasteiger charge is 2.38. The van der Waals surface area contributed by atoms with Crippen LogP contribution in [-0.2, 0) is 27.7 Å². The average molecular weight is 488 g/mol. The van der Waals surface area contributed by atoms with Crippen molar-refractivity contribution in [1.29, 1.82) is 0 Å². The second-order valence-electron chi connectivity index (χ2n) is 8.91. The number of hydrogen-bond acceptors (Lipinski definition) is 5. The molecule has 4 rings (SSSR count). The molecule has 2 heterocycles. The number of aryl methyl sites for hydroxylation is 2. The summed E-state index contributed by atoms with van der Waals surface area (Å²) in [5.41, 5.74) is 1.82. The summed E-state index contributed by atoms with van der Waals surface area (Å²) in [4.78, 5) is 26.5. The van der Waals surface area contributed by atoms with Gasteiger partial charge in [0.25, 0.3) is 5.91 Å². The zero-order valence-corrected chi connectivity index (χ0v) is 20.5. The molecular formula is C24H29N3O4S2.